The van der Waals surface area contributed by atoms with Crippen molar-refractivity contribution in [1.29, 1.82) is 0 Å². The Kier molecular flexibility index (Phi) is 4.89. The molecule has 0 amide bonds. The van der Waals surface area contributed by atoms with Crippen molar-refractivity contribution in [3.8, 4) is 0 Å². The van der Waals surface area contributed by atoms with Gasteiger partial charge in [0.25, 0.3) is 0 Å². The number of hydrogen-bond donors (Lipinski definition) is 2. The molecule has 0 aliphatic heterocycles. The molecule has 0 bridgehead atoms. The van der Waals surface area contributed by atoms with Crippen LogP contribution in [-0.4, -0.2) is 23.8 Å². The van der Waals surface area contributed by atoms with E-state index in [-0.39, 0.29) is 6.04 Å². The Balaban J connectivity index is 3.78. The molecule has 0 aromatic heterocycles. The van der Waals surface area contributed by atoms with Gasteiger partial charge in [-0.05, 0) is 6.54 Å². The number of aliphatic hydroxyl groups is 1. The number of likely N-dealkylation sites (N-methyl/N-ethyl adjacent to an activating group) is 1. The Morgan fingerprint density at radius 1 is 1.50 bits per heavy atom. The first-order valence-electron chi connectivity index (χ1n) is 3.42. The summed E-state index contributed by atoms with van der Waals surface area (Å²) in [7, 11) is 0. The monoisotopic (exact) mass is 141 g/mol. The van der Waals surface area contributed by atoms with Crippen molar-refractivity contribution in [3.05, 3.63) is 25.3 Å². The molecule has 2 N–H and O–H groups in total. The quantitative estimate of drug-likeness (QED) is 0.552. The highest BCUT2D eigenvalue weighted by molar-refractivity contribution is 4.98. The second kappa shape index (κ2) is 5.21. The van der Waals surface area contributed by atoms with Crippen LogP contribution in [0.4, 0.5) is 0 Å². The Hall–Kier alpha value is -0.600. The summed E-state index contributed by atoms with van der Waals surface area (Å²) < 4.78 is 0. The van der Waals surface area contributed by atoms with Gasteiger partial charge in [0.05, 0.1) is 12.1 Å². The van der Waals surface area contributed by atoms with Crippen molar-refractivity contribution in [1.82, 2.24) is 5.32 Å². The molecule has 2 nitrogen and oxygen atoms in total. The zero-order chi connectivity index (χ0) is 7.98. The summed E-state index contributed by atoms with van der Waals surface area (Å²) in [4.78, 5) is 0. The van der Waals surface area contributed by atoms with Crippen LogP contribution < -0.4 is 5.32 Å². The van der Waals surface area contributed by atoms with Crippen LogP contribution in [0.1, 0.15) is 6.92 Å². The van der Waals surface area contributed by atoms with E-state index >= 15 is 0 Å². The maximum atomic E-state index is 9.20. The van der Waals surface area contributed by atoms with E-state index in [0.717, 1.165) is 6.54 Å². The zero-order valence-corrected chi connectivity index (χ0v) is 6.38. The lowest BCUT2D eigenvalue weighted by Gasteiger charge is -2.16. The molecular weight excluding hydrogens is 126 g/mol. The van der Waals surface area contributed by atoms with E-state index in [1.54, 1.807) is 6.08 Å². The van der Waals surface area contributed by atoms with Gasteiger partial charge in [-0.3, -0.25) is 0 Å². The molecule has 0 aliphatic rings. The topological polar surface area (TPSA) is 32.3 Å². The summed E-state index contributed by atoms with van der Waals surface area (Å²) >= 11 is 0. The van der Waals surface area contributed by atoms with E-state index in [4.69, 9.17) is 0 Å². The standard InChI is InChI=1S/C8H15NO/c1-4-7(9-6-3)8(10)5-2/h4-5,7-10H,1-2,6H2,3H3/t7-,8+/m0/s1. The van der Waals surface area contributed by atoms with Gasteiger partial charge in [0.15, 0.2) is 0 Å². The third-order valence-electron chi connectivity index (χ3n) is 1.30. The van der Waals surface area contributed by atoms with Crippen LogP contribution in [0.5, 0.6) is 0 Å². The molecule has 2 atom stereocenters. The Morgan fingerprint density at radius 2 is 2.10 bits per heavy atom. The first-order valence-corrected chi connectivity index (χ1v) is 3.42. The van der Waals surface area contributed by atoms with Gasteiger partial charge >= 0.3 is 0 Å². The second-order valence-corrected chi connectivity index (χ2v) is 2.05. The molecule has 10 heavy (non-hydrogen) atoms. The molecule has 0 aliphatic carbocycles. The molecule has 0 saturated carbocycles. The highest BCUT2D eigenvalue weighted by atomic mass is 16.3. The summed E-state index contributed by atoms with van der Waals surface area (Å²) in [5.74, 6) is 0. The maximum Gasteiger partial charge on any atom is 0.0907 e. The molecule has 0 heterocycles. The predicted molar refractivity (Wildman–Crippen MR) is 43.9 cm³/mol. The first kappa shape index (κ1) is 9.40. The third-order valence-corrected chi connectivity index (χ3v) is 1.30. The summed E-state index contributed by atoms with van der Waals surface area (Å²) in [6, 6.07) is -0.0671. The van der Waals surface area contributed by atoms with Gasteiger partial charge in [0.2, 0.25) is 0 Å². The average Bonchev–Trinajstić information content (AvgIpc) is 1.99. The van der Waals surface area contributed by atoms with E-state index in [9.17, 15) is 5.11 Å². The van der Waals surface area contributed by atoms with Crippen molar-refractivity contribution < 1.29 is 5.11 Å². The van der Waals surface area contributed by atoms with E-state index in [0.29, 0.717) is 0 Å². The van der Waals surface area contributed by atoms with Crippen molar-refractivity contribution >= 4 is 0 Å². The molecular formula is C8H15NO. The molecule has 0 rings (SSSR count). The average molecular weight is 141 g/mol. The number of hydrogen-bond acceptors (Lipinski definition) is 2. The van der Waals surface area contributed by atoms with Crippen LogP contribution >= 0.6 is 0 Å². The minimum absolute atomic E-state index is 0.0671. The van der Waals surface area contributed by atoms with Crippen molar-refractivity contribution in [2.75, 3.05) is 6.54 Å². The predicted octanol–water partition coefficient (Wildman–Crippen LogP) is 0.697. The van der Waals surface area contributed by atoms with Crippen LogP contribution in [0.2, 0.25) is 0 Å². The number of nitrogens with one attached hydrogen (secondary N) is 1. The first-order chi connectivity index (χ1) is 4.76. The normalized spacial score (nSPS) is 15.8. The van der Waals surface area contributed by atoms with Crippen molar-refractivity contribution in [2.45, 2.75) is 19.1 Å². The van der Waals surface area contributed by atoms with Gasteiger partial charge < -0.3 is 10.4 Å². The second-order valence-electron chi connectivity index (χ2n) is 2.05. The lowest BCUT2D eigenvalue weighted by Crippen LogP contribution is -2.36. The molecule has 0 unspecified atom stereocenters. The fraction of sp³-hybridized carbons (Fsp3) is 0.500. The van der Waals surface area contributed by atoms with E-state index < -0.39 is 6.10 Å². The van der Waals surface area contributed by atoms with Crippen LogP contribution in [0.25, 0.3) is 0 Å². The van der Waals surface area contributed by atoms with E-state index in [2.05, 4.69) is 18.5 Å². The van der Waals surface area contributed by atoms with Crippen LogP contribution in [-0.2, 0) is 0 Å². The van der Waals surface area contributed by atoms with Gasteiger partial charge in [-0.25, -0.2) is 0 Å². The summed E-state index contributed by atoms with van der Waals surface area (Å²) in [5.41, 5.74) is 0. The molecule has 0 spiro atoms. The molecule has 0 aromatic carbocycles. The summed E-state index contributed by atoms with van der Waals surface area (Å²) in [6.45, 7) is 9.85. The molecule has 0 aromatic rings. The highest BCUT2D eigenvalue weighted by Gasteiger charge is 2.08. The zero-order valence-electron chi connectivity index (χ0n) is 6.38. The lowest BCUT2D eigenvalue weighted by atomic mass is 10.1. The van der Waals surface area contributed by atoms with E-state index in [1.807, 2.05) is 6.92 Å². The Labute approximate surface area is 62.3 Å². The fourth-order valence-corrected chi connectivity index (χ4v) is 0.726. The third kappa shape index (κ3) is 2.80. The van der Waals surface area contributed by atoms with E-state index in [1.165, 1.54) is 6.08 Å². The summed E-state index contributed by atoms with van der Waals surface area (Å²) in [6.07, 6.45) is 2.64. The Morgan fingerprint density at radius 3 is 2.40 bits per heavy atom. The lowest BCUT2D eigenvalue weighted by molar-refractivity contribution is 0.193. The minimum Gasteiger partial charge on any atom is -0.387 e. The number of aliphatic hydroxyl groups excluding tert-OH is 1. The van der Waals surface area contributed by atoms with Gasteiger partial charge in [0.1, 0.15) is 0 Å². The SMILES string of the molecule is C=C[C@@H](O)[C@H](C=C)NCC. The van der Waals surface area contributed by atoms with Crippen molar-refractivity contribution in [3.63, 3.8) is 0 Å². The van der Waals surface area contributed by atoms with Gasteiger partial charge in [-0.15, -0.1) is 13.2 Å². The summed E-state index contributed by atoms with van der Waals surface area (Å²) in [5, 5.41) is 12.2. The number of rotatable bonds is 5. The van der Waals surface area contributed by atoms with Gasteiger partial charge in [-0.2, -0.15) is 0 Å². The smallest absolute Gasteiger partial charge is 0.0907 e. The van der Waals surface area contributed by atoms with Crippen LogP contribution in [0.3, 0.4) is 0 Å². The maximum absolute atomic E-state index is 9.20. The molecule has 0 fully saturated rings. The largest absolute Gasteiger partial charge is 0.387 e. The van der Waals surface area contributed by atoms with Crippen LogP contribution in [0, 0.1) is 0 Å². The van der Waals surface area contributed by atoms with Crippen LogP contribution in [0.15, 0.2) is 25.3 Å². The van der Waals surface area contributed by atoms with Crippen molar-refractivity contribution in [2.24, 2.45) is 0 Å². The fourth-order valence-electron chi connectivity index (χ4n) is 0.726. The van der Waals surface area contributed by atoms with Gasteiger partial charge in [0, 0.05) is 0 Å². The van der Waals surface area contributed by atoms with Gasteiger partial charge in [-0.1, -0.05) is 19.1 Å². The highest BCUT2D eigenvalue weighted by Crippen LogP contribution is 1.94. The molecule has 0 radical (unpaired) electrons. The molecule has 2 heteroatoms. The molecule has 0 saturated heterocycles. The Bertz CT molecular complexity index is 112. The molecule has 58 valence electrons. The minimum atomic E-state index is -0.530.